The fraction of sp³-hybridized carbons (Fsp3) is 0.167. The Morgan fingerprint density at radius 1 is 0.710 bits per heavy atom. The number of amides is 2. The molecule has 7 heteroatoms. The van der Waals surface area contributed by atoms with Crippen molar-refractivity contribution < 1.29 is 14.0 Å². The highest BCUT2D eigenvalue weighted by atomic mass is 16.4. The van der Waals surface area contributed by atoms with E-state index in [1.807, 2.05) is 48.5 Å². The van der Waals surface area contributed by atoms with Crippen LogP contribution < -0.4 is 10.9 Å². The summed E-state index contributed by atoms with van der Waals surface area (Å²) in [5.74, 6) is -1.16. The maximum atomic E-state index is 12.1. The molecule has 0 fully saturated rings. The van der Waals surface area contributed by atoms with Crippen LogP contribution in [-0.4, -0.2) is 24.2 Å². The molecular formula is C24H24N4O3. The first kappa shape index (κ1) is 21.7. The van der Waals surface area contributed by atoms with E-state index in [9.17, 15) is 9.59 Å². The maximum absolute atomic E-state index is 12.1. The minimum atomic E-state index is -0.556. The number of benzene rings is 2. The van der Waals surface area contributed by atoms with Gasteiger partial charge in [-0.05, 0) is 47.2 Å². The van der Waals surface area contributed by atoms with Gasteiger partial charge in [-0.3, -0.25) is 9.59 Å². The molecule has 0 saturated heterocycles. The molecule has 1 aromatic heterocycles. The third-order valence-corrected chi connectivity index (χ3v) is 4.59. The number of aryl methyl sites for hydroxylation is 2. The van der Waals surface area contributed by atoms with E-state index in [0.29, 0.717) is 0 Å². The number of carbonyl (C=O) groups excluding carboxylic acids is 2. The molecule has 2 N–H and O–H groups in total. The zero-order valence-corrected chi connectivity index (χ0v) is 17.5. The highest BCUT2D eigenvalue weighted by Gasteiger charge is 2.15. The number of furan rings is 1. The number of hydrogen-bond acceptors (Lipinski definition) is 5. The Balaban J connectivity index is 1.51. The molecule has 0 saturated carbocycles. The van der Waals surface area contributed by atoms with Gasteiger partial charge in [-0.1, -0.05) is 62.4 Å². The first-order valence-electron chi connectivity index (χ1n) is 10.0. The lowest BCUT2D eigenvalue weighted by atomic mass is 10.1. The molecule has 0 aliphatic carbocycles. The third-order valence-electron chi connectivity index (χ3n) is 4.59. The topological polar surface area (TPSA) is 96.1 Å². The molecule has 0 atom stereocenters. The van der Waals surface area contributed by atoms with Crippen molar-refractivity contribution in [3.8, 4) is 0 Å². The molecule has 0 radical (unpaired) electrons. The Morgan fingerprint density at radius 2 is 1.10 bits per heavy atom. The second-order valence-corrected chi connectivity index (χ2v) is 6.75. The van der Waals surface area contributed by atoms with Gasteiger partial charge < -0.3 is 4.42 Å². The fourth-order valence-corrected chi connectivity index (χ4v) is 2.70. The molecule has 3 aromatic rings. The van der Waals surface area contributed by atoms with Crippen molar-refractivity contribution in [3.05, 3.63) is 94.4 Å². The third kappa shape index (κ3) is 6.24. The van der Waals surface area contributed by atoms with E-state index in [4.69, 9.17) is 4.42 Å². The lowest BCUT2D eigenvalue weighted by Gasteiger charge is -1.99. The van der Waals surface area contributed by atoms with Gasteiger partial charge in [0.05, 0.1) is 12.4 Å². The van der Waals surface area contributed by atoms with Crippen molar-refractivity contribution in [2.45, 2.75) is 26.7 Å². The largest absolute Gasteiger partial charge is 0.446 e. The second kappa shape index (κ2) is 10.7. The van der Waals surface area contributed by atoms with E-state index in [0.717, 1.165) is 24.0 Å². The minimum Gasteiger partial charge on any atom is -0.446 e. The van der Waals surface area contributed by atoms with Crippen LogP contribution in [0.5, 0.6) is 0 Å². The van der Waals surface area contributed by atoms with Crippen molar-refractivity contribution in [1.82, 2.24) is 10.9 Å². The summed E-state index contributed by atoms with van der Waals surface area (Å²) in [5.41, 5.74) is 8.92. The van der Waals surface area contributed by atoms with Gasteiger partial charge in [0.2, 0.25) is 0 Å². The van der Waals surface area contributed by atoms with E-state index in [2.05, 4.69) is 34.9 Å². The molecule has 0 spiro atoms. The number of nitrogens with one attached hydrogen (secondary N) is 2. The van der Waals surface area contributed by atoms with Gasteiger partial charge in [-0.15, -0.1) is 0 Å². The molecular weight excluding hydrogens is 392 g/mol. The van der Waals surface area contributed by atoms with Crippen molar-refractivity contribution in [2.24, 2.45) is 10.2 Å². The predicted molar refractivity (Wildman–Crippen MR) is 120 cm³/mol. The van der Waals surface area contributed by atoms with Gasteiger partial charge in [-0.2, -0.15) is 10.2 Å². The molecule has 0 bridgehead atoms. The monoisotopic (exact) mass is 416 g/mol. The highest BCUT2D eigenvalue weighted by molar-refractivity contribution is 5.96. The molecule has 158 valence electrons. The molecule has 0 aliphatic rings. The van der Waals surface area contributed by atoms with Gasteiger partial charge in [-0.25, -0.2) is 10.9 Å². The van der Waals surface area contributed by atoms with Gasteiger partial charge in [0.25, 0.3) is 0 Å². The van der Waals surface area contributed by atoms with Crippen molar-refractivity contribution in [1.29, 1.82) is 0 Å². The summed E-state index contributed by atoms with van der Waals surface area (Å²) in [5, 5.41) is 7.83. The van der Waals surface area contributed by atoms with Crippen LogP contribution in [0.3, 0.4) is 0 Å². The van der Waals surface area contributed by atoms with Crippen molar-refractivity contribution >= 4 is 24.2 Å². The molecule has 31 heavy (non-hydrogen) atoms. The second-order valence-electron chi connectivity index (χ2n) is 6.75. The number of hydrazone groups is 2. The van der Waals surface area contributed by atoms with Crippen LogP contribution in [0.4, 0.5) is 0 Å². The number of rotatable bonds is 8. The average molecular weight is 416 g/mol. The Kier molecular flexibility index (Phi) is 7.48. The Hall–Kier alpha value is -4.00. The van der Waals surface area contributed by atoms with E-state index < -0.39 is 11.8 Å². The van der Waals surface area contributed by atoms with Crippen LogP contribution in [0.15, 0.2) is 75.3 Å². The average Bonchev–Trinajstić information content (AvgIpc) is 3.30. The Labute approximate surface area is 180 Å². The normalized spacial score (nSPS) is 11.2. The SMILES string of the molecule is CCc1ccc(/C=N/NC(=O)c2ccc(C(=O)N/N=C/c3ccc(CC)cc3)o2)cc1. The van der Waals surface area contributed by atoms with Crippen LogP contribution in [0.1, 0.15) is 57.2 Å². The summed E-state index contributed by atoms with van der Waals surface area (Å²) < 4.78 is 5.30. The summed E-state index contributed by atoms with van der Waals surface area (Å²) in [7, 11) is 0. The smallest absolute Gasteiger partial charge is 0.307 e. The van der Waals surface area contributed by atoms with E-state index in [1.165, 1.54) is 35.7 Å². The quantitative estimate of drug-likeness (QED) is 0.430. The molecule has 0 unspecified atom stereocenters. The van der Waals surface area contributed by atoms with E-state index in [1.54, 1.807) is 0 Å². The lowest BCUT2D eigenvalue weighted by molar-refractivity contribution is 0.0902. The number of hydrogen-bond donors (Lipinski definition) is 2. The van der Waals surface area contributed by atoms with Gasteiger partial charge >= 0.3 is 11.8 Å². The predicted octanol–water partition coefficient (Wildman–Crippen LogP) is 3.93. The Bertz CT molecular complexity index is 995. The summed E-state index contributed by atoms with van der Waals surface area (Å²) in [6, 6.07) is 18.5. The van der Waals surface area contributed by atoms with E-state index >= 15 is 0 Å². The van der Waals surface area contributed by atoms with Gasteiger partial charge in [0.15, 0.2) is 11.5 Å². The minimum absolute atomic E-state index is 0.0252. The lowest BCUT2D eigenvalue weighted by Crippen LogP contribution is -2.18. The summed E-state index contributed by atoms with van der Waals surface area (Å²) in [6.45, 7) is 4.16. The molecule has 2 aromatic carbocycles. The highest BCUT2D eigenvalue weighted by Crippen LogP contribution is 2.08. The fourth-order valence-electron chi connectivity index (χ4n) is 2.70. The molecule has 1 heterocycles. The van der Waals surface area contributed by atoms with Crippen LogP contribution in [0.2, 0.25) is 0 Å². The van der Waals surface area contributed by atoms with Crippen LogP contribution in [0.25, 0.3) is 0 Å². The van der Waals surface area contributed by atoms with Crippen LogP contribution >= 0.6 is 0 Å². The van der Waals surface area contributed by atoms with Crippen LogP contribution in [-0.2, 0) is 12.8 Å². The van der Waals surface area contributed by atoms with Gasteiger partial charge in [0.1, 0.15) is 0 Å². The molecule has 0 aliphatic heterocycles. The zero-order valence-electron chi connectivity index (χ0n) is 17.5. The van der Waals surface area contributed by atoms with E-state index in [-0.39, 0.29) is 11.5 Å². The Morgan fingerprint density at radius 3 is 1.45 bits per heavy atom. The summed E-state index contributed by atoms with van der Waals surface area (Å²) in [6.07, 6.45) is 4.99. The molecule has 3 rings (SSSR count). The first-order chi connectivity index (χ1) is 15.1. The molecule has 7 nitrogen and oxygen atoms in total. The van der Waals surface area contributed by atoms with Crippen molar-refractivity contribution in [3.63, 3.8) is 0 Å². The van der Waals surface area contributed by atoms with Crippen LogP contribution in [0, 0.1) is 0 Å². The summed E-state index contributed by atoms with van der Waals surface area (Å²) >= 11 is 0. The first-order valence-corrected chi connectivity index (χ1v) is 10.0. The summed E-state index contributed by atoms with van der Waals surface area (Å²) in [4.78, 5) is 24.3. The molecule has 2 amide bonds. The van der Waals surface area contributed by atoms with Gasteiger partial charge in [0, 0.05) is 0 Å². The zero-order chi connectivity index (χ0) is 22.1. The van der Waals surface area contributed by atoms with Crippen molar-refractivity contribution in [2.75, 3.05) is 0 Å². The number of nitrogens with zero attached hydrogens (tertiary/aromatic N) is 2. The number of carbonyl (C=O) groups is 2. The standard InChI is InChI=1S/C24H24N4O3/c1-3-17-5-9-19(10-6-17)15-25-27-23(29)21-13-14-22(31-21)24(30)28-26-16-20-11-7-18(4-2)8-12-20/h5-16H,3-4H2,1-2H3,(H,27,29)(H,28,30)/b25-15+,26-16+. The maximum Gasteiger partial charge on any atom is 0.307 e.